The third-order valence-corrected chi connectivity index (χ3v) is 2.52. The minimum Gasteiger partial charge on any atom is -0.494 e. The molecular formula is C12H14BrFO3. The fourth-order valence-corrected chi connectivity index (χ4v) is 1.65. The zero-order valence-electron chi connectivity index (χ0n) is 10.1. The van der Waals surface area contributed by atoms with Gasteiger partial charge in [-0.2, -0.15) is 0 Å². The van der Waals surface area contributed by atoms with Crippen LogP contribution >= 0.6 is 15.9 Å². The second kappa shape index (κ2) is 5.04. The van der Waals surface area contributed by atoms with Gasteiger partial charge in [-0.15, -0.1) is 0 Å². The number of methoxy groups -OCH3 is 1. The van der Waals surface area contributed by atoms with Crippen LogP contribution < -0.4 is 4.74 Å². The van der Waals surface area contributed by atoms with Gasteiger partial charge in [0.1, 0.15) is 5.60 Å². The highest BCUT2D eigenvalue weighted by Gasteiger charge is 2.21. The molecule has 0 saturated heterocycles. The molecule has 0 heterocycles. The Morgan fingerprint density at radius 3 is 2.41 bits per heavy atom. The normalized spacial score (nSPS) is 11.2. The van der Waals surface area contributed by atoms with Crippen LogP contribution in [0.15, 0.2) is 16.6 Å². The van der Waals surface area contributed by atoms with E-state index in [1.54, 1.807) is 20.8 Å². The lowest BCUT2D eigenvalue weighted by molar-refractivity contribution is 0.00680. The summed E-state index contributed by atoms with van der Waals surface area (Å²) in [6.45, 7) is 5.29. The summed E-state index contributed by atoms with van der Waals surface area (Å²) < 4.78 is 23.7. The second-order valence-electron chi connectivity index (χ2n) is 4.47. The molecule has 0 aliphatic heterocycles. The average molecular weight is 305 g/mol. The van der Waals surface area contributed by atoms with Crippen molar-refractivity contribution < 1.29 is 18.7 Å². The largest absolute Gasteiger partial charge is 0.494 e. The molecule has 0 spiro atoms. The van der Waals surface area contributed by atoms with Gasteiger partial charge in [0.15, 0.2) is 11.6 Å². The van der Waals surface area contributed by atoms with Crippen molar-refractivity contribution in [2.75, 3.05) is 7.11 Å². The minimum absolute atomic E-state index is 0.00839. The third kappa shape index (κ3) is 3.70. The lowest BCUT2D eigenvalue weighted by atomic mass is 10.1. The maximum atomic E-state index is 13.3. The Labute approximate surface area is 108 Å². The van der Waals surface area contributed by atoms with Crippen molar-refractivity contribution in [1.82, 2.24) is 0 Å². The average Bonchev–Trinajstić information content (AvgIpc) is 2.14. The number of carbonyl (C=O) groups excluding carboxylic acids is 1. The van der Waals surface area contributed by atoms with Crippen LogP contribution in [0, 0.1) is 5.82 Å². The molecule has 94 valence electrons. The van der Waals surface area contributed by atoms with E-state index >= 15 is 0 Å². The molecule has 0 saturated carbocycles. The van der Waals surface area contributed by atoms with Crippen LogP contribution in [-0.2, 0) is 4.74 Å². The molecule has 0 aliphatic carbocycles. The summed E-state index contributed by atoms with van der Waals surface area (Å²) in [6.07, 6.45) is 0. The first-order chi connectivity index (χ1) is 7.74. The van der Waals surface area contributed by atoms with E-state index in [4.69, 9.17) is 9.47 Å². The van der Waals surface area contributed by atoms with Gasteiger partial charge in [-0.3, -0.25) is 0 Å². The molecule has 3 nitrogen and oxygen atoms in total. The number of hydrogen-bond acceptors (Lipinski definition) is 3. The summed E-state index contributed by atoms with van der Waals surface area (Å²) in [4.78, 5) is 11.8. The van der Waals surface area contributed by atoms with Crippen molar-refractivity contribution in [1.29, 1.82) is 0 Å². The van der Waals surface area contributed by atoms with Crippen LogP contribution in [0.3, 0.4) is 0 Å². The van der Waals surface area contributed by atoms with Crippen LogP contribution in [0.25, 0.3) is 0 Å². The molecule has 0 radical (unpaired) electrons. The molecule has 0 amide bonds. The van der Waals surface area contributed by atoms with Crippen LogP contribution in [-0.4, -0.2) is 18.7 Å². The number of halogens is 2. The van der Waals surface area contributed by atoms with Gasteiger partial charge in [0.2, 0.25) is 0 Å². The molecule has 5 heteroatoms. The molecule has 0 aliphatic rings. The van der Waals surface area contributed by atoms with E-state index in [0.717, 1.165) is 0 Å². The molecule has 0 atom stereocenters. The monoisotopic (exact) mass is 304 g/mol. The first kappa shape index (κ1) is 14.0. The number of ether oxygens (including phenoxy) is 2. The zero-order valence-corrected chi connectivity index (χ0v) is 11.7. The third-order valence-electron chi connectivity index (χ3n) is 1.86. The van der Waals surface area contributed by atoms with Gasteiger partial charge in [0.05, 0.1) is 12.7 Å². The highest BCUT2D eigenvalue weighted by molar-refractivity contribution is 9.10. The van der Waals surface area contributed by atoms with Gasteiger partial charge >= 0.3 is 5.97 Å². The molecule has 0 fully saturated rings. The molecule has 0 bridgehead atoms. The Hall–Kier alpha value is -1.10. The summed E-state index contributed by atoms with van der Waals surface area (Å²) in [7, 11) is 1.34. The van der Waals surface area contributed by atoms with E-state index in [0.29, 0.717) is 4.47 Å². The lowest BCUT2D eigenvalue weighted by Crippen LogP contribution is -2.24. The van der Waals surface area contributed by atoms with Crippen LogP contribution in [0.4, 0.5) is 4.39 Å². The lowest BCUT2D eigenvalue weighted by Gasteiger charge is -2.20. The summed E-state index contributed by atoms with van der Waals surface area (Å²) in [5, 5.41) is 0. The van der Waals surface area contributed by atoms with Gasteiger partial charge in [-0.1, -0.05) is 0 Å². The Bertz CT molecular complexity index is 438. The topological polar surface area (TPSA) is 35.5 Å². The molecule has 1 rings (SSSR count). The van der Waals surface area contributed by atoms with Gasteiger partial charge in [-0.25, -0.2) is 9.18 Å². The van der Waals surface area contributed by atoms with Crippen LogP contribution in [0.5, 0.6) is 5.75 Å². The predicted octanol–water partition coefficient (Wildman–Crippen LogP) is 3.55. The van der Waals surface area contributed by atoms with Gasteiger partial charge in [0.25, 0.3) is 0 Å². The van der Waals surface area contributed by atoms with Crippen LogP contribution in [0.2, 0.25) is 0 Å². The van der Waals surface area contributed by atoms with E-state index in [1.807, 2.05) is 0 Å². The standard InChI is InChI=1S/C12H14BrFO3/c1-12(2,3)17-11(15)7-5-10(16-4)9(14)6-8(7)13/h5-6H,1-4H3. The fraction of sp³-hybridized carbons (Fsp3) is 0.417. The van der Waals surface area contributed by atoms with Gasteiger partial charge in [-0.05, 0) is 48.8 Å². The SMILES string of the molecule is COc1cc(C(=O)OC(C)(C)C)c(Br)cc1F. The summed E-state index contributed by atoms with van der Waals surface area (Å²) in [5.41, 5.74) is -0.365. The molecule has 0 aromatic heterocycles. The minimum atomic E-state index is -0.599. The summed E-state index contributed by atoms with van der Waals surface area (Å²) >= 11 is 3.12. The van der Waals surface area contributed by atoms with E-state index in [2.05, 4.69) is 15.9 Å². The van der Waals surface area contributed by atoms with Crippen LogP contribution in [0.1, 0.15) is 31.1 Å². The van der Waals surface area contributed by atoms with E-state index in [1.165, 1.54) is 19.2 Å². The smallest absolute Gasteiger partial charge is 0.339 e. The number of hydrogen-bond donors (Lipinski definition) is 0. The van der Waals surface area contributed by atoms with Crippen molar-refractivity contribution in [3.63, 3.8) is 0 Å². The van der Waals surface area contributed by atoms with E-state index < -0.39 is 17.4 Å². The molecule has 0 N–H and O–H groups in total. The maximum absolute atomic E-state index is 13.3. The fourth-order valence-electron chi connectivity index (χ4n) is 1.18. The van der Waals surface area contributed by atoms with Crippen molar-refractivity contribution in [2.45, 2.75) is 26.4 Å². The number of carbonyl (C=O) groups is 1. The Balaban J connectivity index is 3.10. The molecule has 17 heavy (non-hydrogen) atoms. The van der Waals surface area contributed by atoms with Crippen molar-refractivity contribution >= 4 is 21.9 Å². The van der Waals surface area contributed by atoms with Crippen molar-refractivity contribution in [2.24, 2.45) is 0 Å². The summed E-state index contributed by atoms with van der Waals surface area (Å²) in [6, 6.07) is 2.49. The Morgan fingerprint density at radius 2 is 1.94 bits per heavy atom. The number of benzene rings is 1. The van der Waals surface area contributed by atoms with E-state index in [9.17, 15) is 9.18 Å². The second-order valence-corrected chi connectivity index (χ2v) is 5.32. The molecule has 1 aromatic rings. The first-order valence-corrected chi connectivity index (χ1v) is 5.80. The Morgan fingerprint density at radius 1 is 1.35 bits per heavy atom. The zero-order chi connectivity index (χ0) is 13.2. The van der Waals surface area contributed by atoms with Gasteiger partial charge < -0.3 is 9.47 Å². The highest BCUT2D eigenvalue weighted by Crippen LogP contribution is 2.27. The van der Waals surface area contributed by atoms with Gasteiger partial charge in [0, 0.05) is 4.47 Å². The van der Waals surface area contributed by atoms with Crippen molar-refractivity contribution in [3.05, 3.63) is 28.0 Å². The first-order valence-electron chi connectivity index (χ1n) is 5.01. The van der Waals surface area contributed by atoms with Crippen molar-refractivity contribution in [3.8, 4) is 5.75 Å². The molecule has 0 unspecified atom stereocenters. The molecule has 1 aromatic carbocycles. The number of rotatable bonds is 2. The van der Waals surface area contributed by atoms with E-state index in [-0.39, 0.29) is 11.3 Å². The molecular weight excluding hydrogens is 291 g/mol. The quantitative estimate of drug-likeness (QED) is 0.784. The summed E-state index contributed by atoms with van der Waals surface area (Å²) in [5.74, 6) is -1.05. The maximum Gasteiger partial charge on any atom is 0.339 e. The number of esters is 1. The Kier molecular flexibility index (Phi) is 4.14. The predicted molar refractivity (Wildman–Crippen MR) is 65.8 cm³/mol. The highest BCUT2D eigenvalue weighted by atomic mass is 79.9.